The molecule has 0 aliphatic carbocycles. The maximum atomic E-state index is 11.3. The summed E-state index contributed by atoms with van der Waals surface area (Å²) in [6.07, 6.45) is 0.681. The summed E-state index contributed by atoms with van der Waals surface area (Å²) in [5.74, 6) is 0.366. The van der Waals surface area contributed by atoms with Gasteiger partial charge in [-0.15, -0.1) is 0 Å². The van der Waals surface area contributed by atoms with E-state index in [-0.39, 0.29) is 6.54 Å². The Morgan fingerprint density at radius 1 is 1.20 bits per heavy atom. The molecular weight excluding hydrogens is 260 g/mol. The number of amides is 2. The molecule has 0 aromatic heterocycles. The zero-order valence-corrected chi connectivity index (χ0v) is 11.8. The van der Waals surface area contributed by atoms with Crippen LogP contribution in [0.15, 0.2) is 24.3 Å². The molecule has 0 bridgehead atoms. The fourth-order valence-corrected chi connectivity index (χ4v) is 1.46. The van der Waals surface area contributed by atoms with Gasteiger partial charge in [-0.3, -0.25) is 4.79 Å². The highest BCUT2D eigenvalue weighted by Crippen LogP contribution is 2.15. The Hall–Kier alpha value is -2.24. The van der Waals surface area contributed by atoms with Crippen molar-refractivity contribution in [2.45, 2.75) is 13.3 Å². The number of benzene rings is 1. The minimum absolute atomic E-state index is 0.137. The second-order valence-electron chi connectivity index (χ2n) is 4.15. The molecule has 1 aromatic carbocycles. The van der Waals surface area contributed by atoms with E-state index in [2.05, 4.69) is 15.4 Å². The fourth-order valence-electron chi connectivity index (χ4n) is 1.46. The standard InChI is InChI=1S/C14H20N2O4/c1-11-6-3-4-7-12(11)20-9-5-8-15-14(18)16-10-13(17)19-2/h3-4,6-7H,5,8-10H2,1-2H3,(H2,15,16,18). The first-order chi connectivity index (χ1) is 9.63. The maximum absolute atomic E-state index is 11.3. The maximum Gasteiger partial charge on any atom is 0.325 e. The molecule has 0 spiro atoms. The van der Waals surface area contributed by atoms with Crippen LogP contribution < -0.4 is 15.4 Å². The van der Waals surface area contributed by atoms with Crippen LogP contribution in [0.1, 0.15) is 12.0 Å². The van der Waals surface area contributed by atoms with Crippen LogP contribution in [0.25, 0.3) is 0 Å². The molecule has 0 radical (unpaired) electrons. The van der Waals surface area contributed by atoms with Gasteiger partial charge < -0.3 is 20.1 Å². The first-order valence-corrected chi connectivity index (χ1v) is 6.40. The monoisotopic (exact) mass is 280 g/mol. The SMILES string of the molecule is COC(=O)CNC(=O)NCCCOc1ccccc1C. The van der Waals surface area contributed by atoms with Crippen LogP contribution in [0.3, 0.4) is 0 Å². The lowest BCUT2D eigenvalue weighted by molar-refractivity contribution is -0.139. The average molecular weight is 280 g/mol. The van der Waals surface area contributed by atoms with Crippen molar-refractivity contribution in [3.63, 3.8) is 0 Å². The van der Waals surface area contributed by atoms with Gasteiger partial charge in [0.05, 0.1) is 13.7 Å². The summed E-state index contributed by atoms with van der Waals surface area (Å²) in [5, 5.41) is 5.01. The Labute approximate surface area is 118 Å². The van der Waals surface area contributed by atoms with E-state index in [0.717, 1.165) is 11.3 Å². The number of rotatable bonds is 7. The number of nitrogens with one attached hydrogen (secondary N) is 2. The van der Waals surface area contributed by atoms with E-state index in [1.807, 2.05) is 31.2 Å². The van der Waals surface area contributed by atoms with Crippen molar-refractivity contribution in [2.24, 2.45) is 0 Å². The van der Waals surface area contributed by atoms with Crippen molar-refractivity contribution in [3.8, 4) is 5.75 Å². The Morgan fingerprint density at radius 2 is 1.95 bits per heavy atom. The van der Waals surface area contributed by atoms with Gasteiger partial charge >= 0.3 is 12.0 Å². The summed E-state index contributed by atoms with van der Waals surface area (Å²) in [7, 11) is 1.27. The van der Waals surface area contributed by atoms with Gasteiger partial charge in [-0.2, -0.15) is 0 Å². The van der Waals surface area contributed by atoms with Crippen LogP contribution in [0.4, 0.5) is 4.79 Å². The van der Waals surface area contributed by atoms with Crippen molar-refractivity contribution in [3.05, 3.63) is 29.8 Å². The second-order valence-corrected chi connectivity index (χ2v) is 4.15. The number of carbonyl (C=O) groups is 2. The average Bonchev–Trinajstić information content (AvgIpc) is 2.46. The van der Waals surface area contributed by atoms with Crippen molar-refractivity contribution >= 4 is 12.0 Å². The molecule has 2 N–H and O–H groups in total. The molecule has 0 saturated heterocycles. The second kappa shape index (κ2) is 8.79. The van der Waals surface area contributed by atoms with Crippen LogP contribution in [0.5, 0.6) is 5.75 Å². The van der Waals surface area contributed by atoms with Gasteiger partial charge in [0, 0.05) is 6.54 Å². The smallest absolute Gasteiger partial charge is 0.325 e. The first-order valence-electron chi connectivity index (χ1n) is 6.40. The van der Waals surface area contributed by atoms with Crippen LogP contribution in [0.2, 0.25) is 0 Å². The van der Waals surface area contributed by atoms with Gasteiger partial charge in [0.25, 0.3) is 0 Å². The number of hydrogen-bond donors (Lipinski definition) is 2. The van der Waals surface area contributed by atoms with Gasteiger partial charge in [-0.25, -0.2) is 4.79 Å². The molecule has 110 valence electrons. The number of aryl methyl sites for hydroxylation is 1. The highest BCUT2D eigenvalue weighted by Gasteiger charge is 2.04. The number of para-hydroxylation sites is 1. The van der Waals surface area contributed by atoms with Crippen LogP contribution in [0, 0.1) is 6.92 Å². The number of urea groups is 1. The van der Waals surface area contributed by atoms with E-state index in [9.17, 15) is 9.59 Å². The Morgan fingerprint density at radius 3 is 2.65 bits per heavy atom. The minimum Gasteiger partial charge on any atom is -0.493 e. The van der Waals surface area contributed by atoms with Gasteiger partial charge in [0.1, 0.15) is 12.3 Å². The lowest BCUT2D eigenvalue weighted by Gasteiger charge is -2.09. The fraction of sp³-hybridized carbons (Fsp3) is 0.429. The molecule has 1 aromatic rings. The number of carbonyl (C=O) groups excluding carboxylic acids is 2. The van der Waals surface area contributed by atoms with E-state index >= 15 is 0 Å². The predicted molar refractivity (Wildman–Crippen MR) is 74.7 cm³/mol. The van der Waals surface area contributed by atoms with E-state index in [1.165, 1.54) is 7.11 Å². The molecule has 0 atom stereocenters. The van der Waals surface area contributed by atoms with Crippen molar-refractivity contribution in [2.75, 3.05) is 26.8 Å². The highest BCUT2D eigenvalue weighted by molar-refractivity contribution is 5.80. The number of methoxy groups -OCH3 is 1. The van der Waals surface area contributed by atoms with Gasteiger partial charge in [-0.05, 0) is 25.0 Å². The lowest BCUT2D eigenvalue weighted by atomic mass is 10.2. The summed E-state index contributed by atoms with van der Waals surface area (Å²) < 4.78 is 9.99. The third kappa shape index (κ3) is 6.08. The molecule has 20 heavy (non-hydrogen) atoms. The summed E-state index contributed by atoms with van der Waals surface area (Å²) >= 11 is 0. The molecule has 0 saturated carbocycles. The third-order valence-electron chi connectivity index (χ3n) is 2.58. The molecule has 0 aliphatic rings. The summed E-state index contributed by atoms with van der Waals surface area (Å²) in [5.41, 5.74) is 1.08. The van der Waals surface area contributed by atoms with Crippen LogP contribution in [-0.4, -0.2) is 38.8 Å². The van der Waals surface area contributed by atoms with Gasteiger partial charge in [-0.1, -0.05) is 18.2 Å². The quantitative estimate of drug-likeness (QED) is 0.582. The van der Waals surface area contributed by atoms with Gasteiger partial charge in [0.15, 0.2) is 0 Å². The molecule has 0 unspecified atom stereocenters. The van der Waals surface area contributed by atoms with Crippen LogP contribution in [-0.2, 0) is 9.53 Å². The van der Waals surface area contributed by atoms with E-state index in [1.54, 1.807) is 0 Å². The van der Waals surface area contributed by atoms with E-state index in [0.29, 0.717) is 19.6 Å². The molecular formula is C14H20N2O4. The summed E-state index contributed by atoms with van der Waals surface area (Å²) in [4.78, 5) is 22.1. The molecule has 2 amide bonds. The lowest BCUT2D eigenvalue weighted by Crippen LogP contribution is -2.39. The molecule has 0 aliphatic heterocycles. The number of hydrogen-bond acceptors (Lipinski definition) is 4. The zero-order valence-electron chi connectivity index (χ0n) is 11.8. The Balaban J connectivity index is 2.09. The first kappa shape index (κ1) is 15.8. The highest BCUT2D eigenvalue weighted by atomic mass is 16.5. The van der Waals surface area contributed by atoms with Crippen molar-refractivity contribution < 1.29 is 19.1 Å². The minimum atomic E-state index is -0.483. The predicted octanol–water partition coefficient (Wildman–Crippen LogP) is 1.24. The van der Waals surface area contributed by atoms with Crippen molar-refractivity contribution in [1.29, 1.82) is 0 Å². The number of esters is 1. The van der Waals surface area contributed by atoms with Crippen molar-refractivity contribution in [1.82, 2.24) is 10.6 Å². The number of ether oxygens (including phenoxy) is 2. The van der Waals surface area contributed by atoms with Gasteiger partial charge in [0.2, 0.25) is 0 Å². The van der Waals surface area contributed by atoms with E-state index < -0.39 is 12.0 Å². The third-order valence-corrected chi connectivity index (χ3v) is 2.58. The Kier molecular flexibility index (Phi) is 6.95. The molecule has 0 heterocycles. The molecule has 6 nitrogen and oxygen atoms in total. The zero-order chi connectivity index (χ0) is 14.8. The van der Waals surface area contributed by atoms with Crippen LogP contribution >= 0.6 is 0 Å². The summed E-state index contributed by atoms with van der Waals surface area (Å²) in [6.45, 7) is 2.83. The topological polar surface area (TPSA) is 76.7 Å². The summed E-state index contributed by atoms with van der Waals surface area (Å²) in [6, 6.07) is 7.36. The molecule has 0 fully saturated rings. The molecule has 6 heteroatoms. The van der Waals surface area contributed by atoms with E-state index in [4.69, 9.17) is 4.74 Å². The largest absolute Gasteiger partial charge is 0.493 e. The molecule has 1 rings (SSSR count). The Bertz CT molecular complexity index is 449. The normalized spacial score (nSPS) is 9.70.